The minimum absolute atomic E-state index is 0.841. The molecule has 4 rings (SSSR count). The second-order valence-corrected chi connectivity index (χ2v) is 7.37. The second kappa shape index (κ2) is 6.35. The van der Waals surface area contributed by atoms with E-state index in [1.165, 1.54) is 15.5 Å². The summed E-state index contributed by atoms with van der Waals surface area (Å²) in [6, 6.07) is 15.0. The summed E-state index contributed by atoms with van der Waals surface area (Å²) in [5.41, 5.74) is 4.55. The third-order valence-electron chi connectivity index (χ3n) is 3.73. The topological polar surface area (TPSA) is 37.0 Å². The first-order valence-electron chi connectivity index (χ1n) is 7.67. The van der Waals surface area contributed by atoms with Crippen LogP contribution in [0.15, 0.2) is 57.6 Å². The van der Waals surface area contributed by atoms with Gasteiger partial charge < -0.3 is 10.6 Å². The molecule has 0 saturated carbocycles. The molecule has 0 aliphatic carbocycles. The molecule has 0 amide bonds. The van der Waals surface area contributed by atoms with Gasteiger partial charge in [0.05, 0.1) is 17.1 Å². The van der Waals surface area contributed by atoms with E-state index < -0.39 is 0 Å². The van der Waals surface area contributed by atoms with Crippen molar-refractivity contribution in [2.45, 2.75) is 23.3 Å². The van der Waals surface area contributed by atoms with Crippen molar-refractivity contribution in [3.05, 3.63) is 52.9 Å². The van der Waals surface area contributed by atoms with Crippen LogP contribution in [-0.2, 0) is 6.54 Å². The first-order valence-corrected chi connectivity index (χ1v) is 9.36. The molecule has 0 atom stereocenters. The quantitative estimate of drug-likeness (QED) is 0.540. The Morgan fingerprint density at radius 3 is 2.87 bits per heavy atom. The molecule has 2 heterocycles. The molecular weight excluding hydrogens is 322 g/mol. The lowest BCUT2D eigenvalue weighted by Crippen LogP contribution is -2.11. The number of nitrogens with one attached hydrogen (secondary N) is 2. The first-order chi connectivity index (χ1) is 11.3. The van der Waals surface area contributed by atoms with Crippen LogP contribution >= 0.6 is 23.1 Å². The Labute approximate surface area is 144 Å². The maximum atomic E-state index is 4.73. The summed E-state index contributed by atoms with van der Waals surface area (Å²) in [4.78, 5) is 7.26. The van der Waals surface area contributed by atoms with Crippen molar-refractivity contribution in [1.29, 1.82) is 0 Å². The number of thiazole rings is 1. The van der Waals surface area contributed by atoms with E-state index >= 15 is 0 Å². The lowest BCUT2D eigenvalue weighted by atomic mass is 10.1. The third kappa shape index (κ3) is 3.00. The Balaban J connectivity index is 1.62. The summed E-state index contributed by atoms with van der Waals surface area (Å²) >= 11 is 3.52. The number of rotatable bonds is 4. The van der Waals surface area contributed by atoms with Gasteiger partial charge in [-0.3, -0.25) is 0 Å². The van der Waals surface area contributed by atoms with E-state index in [0.29, 0.717) is 0 Å². The molecule has 2 N–H and O–H groups in total. The van der Waals surface area contributed by atoms with Crippen LogP contribution in [-0.4, -0.2) is 11.5 Å². The van der Waals surface area contributed by atoms with Gasteiger partial charge in [0.15, 0.2) is 0 Å². The molecule has 5 heteroatoms. The Kier molecular flexibility index (Phi) is 4.08. The zero-order valence-corrected chi connectivity index (χ0v) is 14.4. The van der Waals surface area contributed by atoms with Gasteiger partial charge in [-0.15, -0.1) is 11.3 Å². The molecule has 1 aliphatic rings. The van der Waals surface area contributed by atoms with Gasteiger partial charge in [0.2, 0.25) is 0 Å². The summed E-state index contributed by atoms with van der Waals surface area (Å²) in [5, 5.41) is 10.1. The average molecular weight is 339 g/mol. The number of aromatic nitrogens is 1. The lowest BCUT2D eigenvalue weighted by Gasteiger charge is -2.21. The highest BCUT2D eigenvalue weighted by Gasteiger charge is 2.16. The zero-order valence-electron chi connectivity index (χ0n) is 12.8. The highest BCUT2D eigenvalue weighted by molar-refractivity contribution is 7.99. The summed E-state index contributed by atoms with van der Waals surface area (Å²) in [6.07, 6.45) is 0. The SMILES string of the molecule is CCNCc1nc(-c2ccc3c(c2)Nc2ccccc2S3)cs1. The summed E-state index contributed by atoms with van der Waals surface area (Å²) in [6.45, 7) is 3.92. The summed E-state index contributed by atoms with van der Waals surface area (Å²) in [7, 11) is 0. The first kappa shape index (κ1) is 14.8. The van der Waals surface area contributed by atoms with E-state index in [9.17, 15) is 0 Å². The number of fused-ring (bicyclic) bond motifs is 2. The zero-order chi connectivity index (χ0) is 15.6. The number of nitrogens with zero attached hydrogens (tertiary/aromatic N) is 1. The second-order valence-electron chi connectivity index (χ2n) is 5.34. The maximum absolute atomic E-state index is 4.73. The molecule has 1 aliphatic heterocycles. The molecule has 2 aromatic carbocycles. The van der Waals surface area contributed by atoms with Gasteiger partial charge in [0.25, 0.3) is 0 Å². The molecular formula is C18H17N3S2. The van der Waals surface area contributed by atoms with Gasteiger partial charge in [-0.05, 0) is 30.8 Å². The highest BCUT2D eigenvalue weighted by Crippen LogP contribution is 2.45. The van der Waals surface area contributed by atoms with Crippen molar-refractivity contribution in [2.24, 2.45) is 0 Å². The number of para-hydroxylation sites is 1. The Morgan fingerprint density at radius 2 is 1.96 bits per heavy atom. The van der Waals surface area contributed by atoms with Gasteiger partial charge in [0, 0.05) is 27.3 Å². The molecule has 0 radical (unpaired) electrons. The molecule has 116 valence electrons. The fourth-order valence-corrected chi connectivity index (χ4v) is 4.30. The molecule has 1 aromatic heterocycles. The van der Waals surface area contributed by atoms with Crippen LogP contribution < -0.4 is 10.6 Å². The number of hydrogen-bond donors (Lipinski definition) is 2. The molecule has 23 heavy (non-hydrogen) atoms. The van der Waals surface area contributed by atoms with Crippen molar-refractivity contribution in [3.8, 4) is 11.3 Å². The summed E-state index contributed by atoms with van der Waals surface area (Å²) in [5.74, 6) is 0. The predicted molar refractivity (Wildman–Crippen MR) is 98.8 cm³/mol. The van der Waals surface area contributed by atoms with E-state index in [2.05, 4.69) is 65.4 Å². The Bertz CT molecular complexity index is 842. The smallest absolute Gasteiger partial charge is 0.107 e. The van der Waals surface area contributed by atoms with E-state index in [0.717, 1.165) is 35.0 Å². The standard InChI is InChI=1S/C18H17N3S2/c1-2-19-10-18-21-15(11-22-18)12-7-8-17-14(9-12)20-13-5-3-4-6-16(13)23-17/h3-9,11,19-20H,2,10H2,1H3. The monoisotopic (exact) mass is 339 g/mol. The van der Waals surface area contributed by atoms with Crippen LogP contribution in [0, 0.1) is 0 Å². The van der Waals surface area contributed by atoms with E-state index in [4.69, 9.17) is 4.98 Å². The molecule has 0 bridgehead atoms. The van der Waals surface area contributed by atoms with Crippen LogP contribution in [0.1, 0.15) is 11.9 Å². The summed E-state index contributed by atoms with van der Waals surface area (Å²) < 4.78 is 0. The lowest BCUT2D eigenvalue weighted by molar-refractivity contribution is 0.723. The fraction of sp³-hybridized carbons (Fsp3) is 0.167. The van der Waals surface area contributed by atoms with Gasteiger partial charge in [-0.25, -0.2) is 4.98 Å². The van der Waals surface area contributed by atoms with E-state index in [1.807, 2.05) is 11.8 Å². The van der Waals surface area contributed by atoms with Gasteiger partial charge in [0.1, 0.15) is 5.01 Å². The van der Waals surface area contributed by atoms with Crippen molar-refractivity contribution in [2.75, 3.05) is 11.9 Å². The van der Waals surface area contributed by atoms with Crippen molar-refractivity contribution < 1.29 is 0 Å². The van der Waals surface area contributed by atoms with Crippen molar-refractivity contribution in [1.82, 2.24) is 10.3 Å². The highest BCUT2D eigenvalue weighted by atomic mass is 32.2. The van der Waals surface area contributed by atoms with E-state index in [1.54, 1.807) is 11.3 Å². The maximum Gasteiger partial charge on any atom is 0.107 e. The average Bonchev–Trinajstić information content (AvgIpc) is 3.06. The van der Waals surface area contributed by atoms with Crippen LogP contribution in [0.2, 0.25) is 0 Å². The Hall–Kier alpha value is -1.82. The van der Waals surface area contributed by atoms with Gasteiger partial charge >= 0.3 is 0 Å². The fourth-order valence-electron chi connectivity index (χ4n) is 2.56. The van der Waals surface area contributed by atoms with Gasteiger partial charge in [-0.2, -0.15) is 0 Å². The molecule has 0 saturated heterocycles. The minimum atomic E-state index is 0.841. The van der Waals surface area contributed by atoms with Crippen LogP contribution in [0.5, 0.6) is 0 Å². The largest absolute Gasteiger partial charge is 0.354 e. The number of hydrogen-bond acceptors (Lipinski definition) is 5. The molecule has 3 nitrogen and oxygen atoms in total. The van der Waals surface area contributed by atoms with Crippen LogP contribution in [0.4, 0.5) is 11.4 Å². The third-order valence-corrected chi connectivity index (χ3v) is 5.73. The number of benzene rings is 2. The number of anilines is 2. The van der Waals surface area contributed by atoms with Crippen molar-refractivity contribution >= 4 is 34.5 Å². The van der Waals surface area contributed by atoms with Crippen LogP contribution in [0.3, 0.4) is 0 Å². The minimum Gasteiger partial charge on any atom is -0.354 e. The molecule has 0 fully saturated rings. The predicted octanol–water partition coefficient (Wildman–Crippen LogP) is 5.13. The normalized spacial score (nSPS) is 12.4. The molecule has 3 aromatic rings. The van der Waals surface area contributed by atoms with Gasteiger partial charge in [-0.1, -0.05) is 36.9 Å². The van der Waals surface area contributed by atoms with Crippen LogP contribution in [0.25, 0.3) is 11.3 Å². The Morgan fingerprint density at radius 1 is 1.09 bits per heavy atom. The van der Waals surface area contributed by atoms with Crippen molar-refractivity contribution in [3.63, 3.8) is 0 Å². The van der Waals surface area contributed by atoms with E-state index in [-0.39, 0.29) is 0 Å². The molecule has 0 unspecified atom stereocenters. The molecule has 0 spiro atoms.